The van der Waals surface area contributed by atoms with Gasteiger partial charge in [0.15, 0.2) is 5.65 Å². The van der Waals surface area contributed by atoms with Crippen molar-refractivity contribution in [3.63, 3.8) is 0 Å². The molecule has 2 fully saturated rings. The molecule has 0 radical (unpaired) electrons. The first-order valence-electron chi connectivity index (χ1n) is 13.8. The van der Waals surface area contributed by atoms with Crippen LogP contribution in [0.2, 0.25) is 0 Å². The van der Waals surface area contributed by atoms with Crippen molar-refractivity contribution in [2.75, 3.05) is 50.0 Å². The van der Waals surface area contributed by atoms with Crippen molar-refractivity contribution in [2.45, 2.75) is 26.2 Å². The molecule has 1 aromatic carbocycles. The zero-order chi connectivity index (χ0) is 27.5. The Kier molecular flexibility index (Phi) is 7.33. The third-order valence-electron chi connectivity index (χ3n) is 7.59. The first-order valence-corrected chi connectivity index (χ1v) is 13.8. The average molecular weight is 540 g/mol. The second kappa shape index (κ2) is 11.4. The Bertz CT molecular complexity index is 1520. The number of carbonyl (C=O) groups is 2. The number of fused-ring (bicyclic) bond motifs is 1. The fourth-order valence-electron chi connectivity index (χ4n) is 5.33. The van der Waals surface area contributed by atoms with E-state index in [0.29, 0.717) is 37.7 Å². The van der Waals surface area contributed by atoms with Gasteiger partial charge in [-0.1, -0.05) is 12.1 Å². The Balaban J connectivity index is 1.25. The van der Waals surface area contributed by atoms with Gasteiger partial charge >= 0.3 is 6.03 Å². The van der Waals surface area contributed by atoms with Crippen LogP contribution in [0.5, 0.6) is 0 Å². The number of amides is 3. The van der Waals surface area contributed by atoms with Gasteiger partial charge in [-0.2, -0.15) is 0 Å². The van der Waals surface area contributed by atoms with Crippen LogP contribution in [0, 0.1) is 6.92 Å². The van der Waals surface area contributed by atoms with Gasteiger partial charge in [0.05, 0.1) is 24.5 Å². The molecule has 5 heterocycles. The average Bonchev–Trinajstić information content (AvgIpc) is 3.48. The van der Waals surface area contributed by atoms with Gasteiger partial charge in [-0.3, -0.25) is 4.79 Å². The lowest BCUT2D eigenvalue weighted by Crippen LogP contribution is -2.40. The van der Waals surface area contributed by atoms with E-state index in [1.165, 1.54) is 6.42 Å². The van der Waals surface area contributed by atoms with Crippen molar-refractivity contribution in [3.05, 3.63) is 72.3 Å². The minimum absolute atomic E-state index is 0.0391. The van der Waals surface area contributed by atoms with Gasteiger partial charge in [0.1, 0.15) is 5.82 Å². The number of piperidine rings is 1. The van der Waals surface area contributed by atoms with E-state index in [9.17, 15) is 9.59 Å². The molecular weight excluding hydrogens is 506 g/mol. The number of ether oxygens (including phenoxy) is 1. The number of nitrogens with one attached hydrogen (secondary N) is 2. The molecule has 2 aliphatic rings. The lowest BCUT2D eigenvalue weighted by atomic mass is 10.00. The van der Waals surface area contributed by atoms with E-state index < -0.39 is 0 Å². The molecule has 0 unspecified atom stereocenters. The number of nitrogens with zero attached hydrogens (tertiary/aromatic N) is 5. The molecule has 0 saturated carbocycles. The maximum absolute atomic E-state index is 12.9. The molecule has 0 spiro atoms. The van der Waals surface area contributed by atoms with Gasteiger partial charge in [-0.05, 0) is 61.6 Å². The molecule has 10 heteroatoms. The zero-order valence-electron chi connectivity index (χ0n) is 22.6. The summed E-state index contributed by atoms with van der Waals surface area (Å²) in [7, 11) is 0. The van der Waals surface area contributed by atoms with Gasteiger partial charge in [-0.15, -0.1) is 0 Å². The van der Waals surface area contributed by atoms with Crippen molar-refractivity contribution >= 4 is 34.8 Å². The summed E-state index contributed by atoms with van der Waals surface area (Å²) in [5, 5.41) is 6.50. The lowest BCUT2D eigenvalue weighted by Gasteiger charge is -2.27. The summed E-state index contributed by atoms with van der Waals surface area (Å²) in [6, 6.07) is 11.5. The smallest absolute Gasteiger partial charge is 0.321 e. The summed E-state index contributed by atoms with van der Waals surface area (Å²) in [5.74, 6) is 0.572. The topological polar surface area (TPSA) is 104 Å². The minimum Gasteiger partial charge on any atom is -0.378 e. The molecule has 40 heavy (non-hydrogen) atoms. The molecular formula is C30H33N7O3. The molecule has 2 aliphatic heterocycles. The van der Waals surface area contributed by atoms with Crippen molar-refractivity contribution in [1.82, 2.24) is 24.2 Å². The molecule has 3 amide bonds. The van der Waals surface area contributed by atoms with E-state index in [1.807, 2.05) is 52.9 Å². The van der Waals surface area contributed by atoms with Crippen LogP contribution in [0.1, 0.15) is 35.2 Å². The summed E-state index contributed by atoms with van der Waals surface area (Å²) in [4.78, 5) is 38.4. The molecule has 2 saturated heterocycles. The van der Waals surface area contributed by atoms with E-state index in [2.05, 4.69) is 26.7 Å². The number of anilines is 3. The van der Waals surface area contributed by atoms with Gasteiger partial charge < -0.3 is 29.6 Å². The van der Waals surface area contributed by atoms with Crippen LogP contribution in [0.25, 0.3) is 16.8 Å². The largest absolute Gasteiger partial charge is 0.378 e. The predicted molar refractivity (Wildman–Crippen MR) is 154 cm³/mol. The van der Waals surface area contributed by atoms with Crippen molar-refractivity contribution in [3.8, 4) is 11.1 Å². The first kappa shape index (κ1) is 25.8. The molecule has 0 aliphatic carbocycles. The monoisotopic (exact) mass is 539 g/mol. The summed E-state index contributed by atoms with van der Waals surface area (Å²) in [5.41, 5.74) is 5.85. The van der Waals surface area contributed by atoms with Crippen molar-refractivity contribution in [1.29, 1.82) is 0 Å². The molecule has 10 nitrogen and oxygen atoms in total. The molecule has 6 rings (SSSR count). The van der Waals surface area contributed by atoms with E-state index in [1.54, 1.807) is 23.4 Å². The number of imidazole rings is 1. The summed E-state index contributed by atoms with van der Waals surface area (Å²) < 4.78 is 7.31. The Morgan fingerprint density at radius 1 is 0.925 bits per heavy atom. The summed E-state index contributed by atoms with van der Waals surface area (Å²) in [6.07, 6.45) is 10.6. The Morgan fingerprint density at radius 2 is 1.75 bits per heavy atom. The number of urea groups is 1. The number of aromatic nitrogens is 3. The quantitative estimate of drug-likeness (QED) is 0.372. The fraction of sp³-hybridized carbons (Fsp3) is 0.333. The van der Waals surface area contributed by atoms with Crippen LogP contribution in [0.3, 0.4) is 0 Å². The number of rotatable bonds is 5. The van der Waals surface area contributed by atoms with E-state index in [-0.39, 0.29) is 11.9 Å². The van der Waals surface area contributed by atoms with E-state index in [0.717, 1.165) is 59.6 Å². The van der Waals surface area contributed by atoms with Gasteiger partial charge in [0.2, 0.25) is 0 Å². The van der Waals surface area contributed by atoms with E-state index >= 15 is 0 Å². The standard InChI is InChI=1S/C30H33N7O3/c1-21-24(6-5-7-25(21)34-30(39)36-11-3-2-4-12-36)23-18-26(28-31-10-13-37(28)20-23)33-27-9-8-22(19-32-27)29(38)35-14-16-40-17-15-35/h5-10,13,18-20H,2-4,11-12,14-17H2,1H3,(H,32,33)(H,34,39). The number of likely N-dealkylation sites (tertiary alicyclic amines) is 1. The van der Waals surface area contributed by atoms with Gasteiger partial charge in [0, 0.05) is 62.2 Å². The summed E-state index contributed by atoms with van der Waals surface area (Å²) >= 11 is 0. The van der Waals surface area contributed by atoms with Gasteiger partial charge in [-0.25, -0.2) is 14.8 Å². The van der Waals surface area contributed by atoms with Crippen LogP contribution >= 0.6 is 0 Å². The second-order valence-corrected chi connectivity index (χ2v) is 10.2. The highest BCUT2D eigenvalue weighted by Gasteiger charge is 2.20. The minimum atomic E-state index is -0.0472. The zero-order valence-corrected chi connectivity index (χ0v) is 22.6. The van der Waals surface area contributed by atoms with Crippen molar-refractivity contribution < 1.29 is 14.3 Å². The molecule has 206 valence electrons. The SMILES string of the molecule is Cc1c(NC(=O)N2CCCCC2)cccc1-c1cc(Nc2ccc(C(=O)N3CCOCC3)cn2)c2nccn2c1. The third kappa shape index (κ3) is 5.35. The second-order valence-electron chi connectivity index (χ2n) is 10.2. The fourth-order valence-corrected chi connectivity index (χ4v) is 5.33. The van der Waals surface area contributed by atoms with Gasteiger partial charge in [0.25, 0.3) is 5.91 Å². The highest BCUT2D eigenvalue weighted by molar-refractivity contribution is 5.94. The highest BCUT2D eigenvalue weighted by atomic mass is 16.5. The maximum Gasteiger partial charge on any atom is 0.321 e. The normalized spacial score (nSPS) is 15.7. The number of hydrogen-bond acceptors (Lipinski definition) is 6. The number of morpholine rings is 1. The number of benzene rings is 1. The number of hydrogen-bond donors (Lipinski definition) is 2. The number of carbonyl (C=O) groups excluding carboxylic acids is 2. The van der Waals surface area contributed by atoms with Crippen LogP contribution in [-0.4, -0.2) is 75.5 Å². The van der Waals surface area contributed by atoms with Crippen LogP contribution < -0.4 is 10.6 Å². The maximum atomic E-state index is 12.9. The summed E-state index contributed by atoms with van der Waals surface area (Å²) in [6.45, 7) is 5.92. The number of pyridine rings is 2. The Morgan fingerprint density at radius 3 is 2.52 bits per heavy atom. The van der Waals surface area contributed by atoms with Crippen LogP contribution in [-0.2, 0) is 4.74 Å². The predicted octanol–water partition coefficient (Wildman–Crippen LogP) is 4.94. The molecule has 0 bridgehead atoms. The molecule has 2 N–H and O–H groups in total. The molecule has 3 aromatic heterocycles. The third-order valence-corrected chi connectivity index (χ3v) is 7.59. The Hall–Kier alpha value is -4.44. The highest BCUT2D eigenvalue weighted by Crippen LogP contribution is 2.32. The lowest BCUT2D eigenvalue weighted by molar-refractivity contribution is 0.0302. The molecule has 4 aromatic rings. The van der Waals surface area contributed by atoms with Crippen LogP contribution in [0.15, 0.2) is 61.2 Å². The first-order chi connectivity index (χ1) is 19.6. The van der Waals surface area contributed by atoms with Crippen LogP contribution in [0.4, 0.5) is 22.0 Å². The molecule has 0 atom stereocenters. The van der Waals surface area contributed by atoms with E-state index in [4.69, 9.17) is 4.74 Å². The Labute approximate surface area is 233 Å². The van der Waals surface area contributed by atoms with Crippen molar-refractivity contribution in [2.24, 2.45) is 0 Å².